The molecule has 0 bridgehead atoms. The number of carboxylic acids is 1. The second-order valence-corrected chi connectivity index (χ2v) is 6.46. The van der Waals surface area contributed by atoms with Gasteiger partial charge in [-0.2, -0.15) is 0 Å². The van der Waals surface area contributed by atoms with E-state index in [1.165, 1.54) is 0 Å². The van der Waals surface area contributed by atoms with Crippen LogP contribution in [0.15, 0.2) is 78.4 Å². The summed E-state index contributed by atoms with van der Waals surface area (Å²) in [7, 11) is 0. The number of carbonyl (C=O) groups is 1. The highest BCUT2D eigenvalue weighted by molar-refractivity contribution is 5.96. The fourth-order valence-corrected chi connectivity index (χ4v) is 3.33. The molecule has 0 unspecified atom stereocenters. The molecule has 1 aliphatic rings. The van der Waals surface area contributed by atoms with Crippen LogP contribution < -0.4 is 4.74 Å². The quantitative estimate of drug-likeness (QED) is 0.692. The molecule has 0 saturated heterocycles. The minimum Gasteiger partial charge on any atom is -0.507 e. The van der Waals surface area contributed by atoms with Crippen molar-refractivity contribution in [1.82, 2.24) is 0 Å². The summed E-state index contributed by atoms with van der Waals surface area (Å²) in [5.74, 6) is -0.183. The topological polar surface area (TPSA) is 66.8 Å². The smallest absolute Gasteiger partial charge is 0.336 e. The maximum Gasteiger partial charge on any atom is 0.336 e. The first kappa shape index (κ1) is 16.9. The van der Waals surface area contributed by atoms with Crippen LogP contribution in [0.3, 0.4) is 0 Å². The largest absolute Gasteiger partial charge is 0.507 e. The van der Waals surface area contributed by atoms with Gasteiger partial charge in [0.25, 0.3) is 0 Å². The van der Waals surface area contributed by atoms with Gasteiger partial charge in [0.1, 0.15) is 18.1 Å². The van der Waals surface area contributed by atoms with Gasteiger partial charge in [-0.05, 0) is 34.9 Å². The van der Waals surface area contributed by atoms with Crippen LogP contribution in [0, 0.1) is 0 Å². The molecule has 0 atom stereocenters. The summed E-state index contributed by atoms with van der Waals surface area (Å²) >= 11 is 0. The van der Waals surface area contributed by atoms with Gasteiger partial charge in [0, 0.05) is 12.0 Å². The normalized spacial score (nSPS) is 13.0. The molecule has 1 heterocycles. The number of hydrogen-bond donors (Lipinski definition) is 2. The van der Waals surface area contributed by atoms with Crippen LogP contribution in [0.4, 0.5) is 0 Å². The molecule has 3 aromatic rings. The number of fused-ring (bicyclic) bond motifs is 1. The highest BCUT2D eigenvalue weighted by atomic mass is 16.5. The zero-order chi connectivity index (χ0) is 18.8. The number of benzene rings is 3. The van der Waals surface area contributed by atoms with E-state index in [0.717, 1.165) is 16.7 Å². The lowest BCUT2D eigenvalue weighted by Gasteiger charge is -2.22. The second-order valence-electron chi connectivity index (χ2n) is 6.46. The zero-order valence-electron chi connectivity index (χ0n) is 14.6. The summed E-state index contributed by atoms with van der Waals surface area (Å²) in [6.45, 7) is 0.303. The van der Waals surface area contributed by atoms with Crippen LogP contribution in [-0.4, -0.2) is 22.8 Å². The lowest BCUT2D eigenvalue weighted by Crippen LogP contribution is -2.13. The first-order valence-electron chi connectivity index (χ1n) is 8.68. The predicted octanol–water partition coefficient (Wildman–Crippen LogP) is 4.96. The van der Waals surface area contributed by atoms with E-state index < -0.39 is 5.97 Å². The van der Waals surface area contributed by atoms with Gasteiger partial charge in [0.15, 0.2) is 0 Å². The number of ether oxygens (including phenoxy) is 1. The Morgan fingerprint density at radius 3 is 2.44 bits per heavy atom. The molecule has 0 saturated carbocycles. The first-order valence-corrected chi connectivity index (χ1v) is 8.68. The Morgan fingerprint density at radius 2 is 1.67 bits per heavy atom. The van der Waals surface area contributed by atoms with Crippen LogP contribution in [0.1, 0.15) is 21.5 Å². The molecule has 27 heavy (non-hydrogen) atoms. The molecule has 4 heteroatoms. The molecule has 2 N–H and O–H groups in total. The van der Waals surface area contributed by atoms with Crippen LogP contribution in [0.5, 0.6) is 5.75 Å². The van der Waals surface area contributed by atoms with Gasteiger partial charge < -0.3 is 14.9 Å². The highest BCUT2D eigenvalue weighted by Gasteiger charge is 2.21. The summed E-state index contributed by atoms with van der Waals surface area (Å²) in [6.07, 6.45) is 0.621. The van der Waals surface area contributed by atoms with Crippen molar-refractivity contribution in [3.63, 3.8) is 0 Å². The van der Waals surface area contributed by atoms with Crippen LogP contribution >= 0.6 is 0 Å². The summed E-state index contributed by atoms with van der Waals surface area (Å²) in [5, 5.41) is 20.1. The molecule has 0 spiro atoms. The molecule has 3 aromatic carbocycles. The SMILES string of the molecule is O=C(O)c1ccccc1-c1ccc2c(c1)OCC(Cc1ccccc1)=C2O. The van der Waals surface area contributed by atoms with Gasteiger partial charge in [-0.15, -0.1) is 0 Å². The van der Waals surface area contributed by atoms with Crippen molar-refractivity contribution in [1.29, 1.82) is 0 Å². The van der Waals surface area contributed by atoms with Crippen LogP contribution in [-0.2, 0) is 6.42 Å². The van der Waals surface area contributed by atoms with E-state index in [4.69, 9.17) is 4.74 Å². The van der Waals surface area contributed by atoms with Gasteiger partial charge in [-0.1, -0.05) is 54.6 Å². The molecule has 0 radical (unpaired) electrons. The minimum atomic E-state index is -0.975. The van der Waals surface area contributed by atoms with Crippen LogP contribution in [0.25, 0.3) is 16.9 Å². The van der Waals surface area contributed by atoms with E-state index in [1.54, 1.807) is 36.4 Å². The summed E-state index contributed by atoms with van der Waals surface area (Å²) < 4.78 is 5.88. The van der Waals surface area contributed by atoms with E-state index >= 15 is 0 Å². The zero-order valence-corrected chi connectivity index (χ0v) is 14.6. The maximum absolute atomic E-state index is 11.5. The standard InChI is InChI=1S/C23H18O4/c24-22-17(12-15-6-2-1-3-7-15)14-27-21-13-16(10-11-20(21)22)18-8-4-5-9-19(18)23(25)26/h1-11,13,24H,12,14H2,(H,25,26). The molecule has 4 nitrogen and oxygen atoms in total. The second kappa shape index (κ2) is 7.00. The Kier molecular flexibility index (Phi) is 4.38. The molecule has 134 valence electrons. The number of rotatable bonds is 4. The number of hydrogen-bond acceptors (Lipinski definition) is 3. The number of aliphatic hydroxyl groups excluding tert-OH is 1. The fourth-order valence-electron chi connectivity index (χ4n) is 3.33. The van der Waals surface area contributed by atoms with Gasteiger partial charge in [-0.25, -0.2) is 4.79 Å². The first-order chi connectivity index (χ1) is 13.1. The average molecular weight is 358 g/mol. The van der Waals surface area contributed by atoms with Crippen molar-refractivity contribution in [3.8, 4) is 16.9 Å². The van der Waals surface area contributed by atoms with Gasteiger partial charge in [-0.3, -0.25) is 0 Å². The molecule has 0 fully saturated rings. The highest BCUT2D eigenvalue weighted by Crippen LogP contribution is 2.36. The van der Waals surface area contributed by atoms with Gasteiger partial charge >= 0.3 is 5.97 Å². The molecule has 0 amide bonds. The Morgan fingerprint density at radius 1 is 0.926 bits per heavy atom. The summed E-state index contributed by atoms with van der Waals surface area (Å²) in [4.78, 5) is 11.5. The number of aromatic carboxylic acids is 1. The third kappa shape index (κ3) is 3.29. The maximum atomic E-state index is 11.5. The van der Waals surface area contributed by atoms with E-state index in [0.29, 0.717) is 29.9 Å². The van der Waals surface area contributed by atoms with Crippen molar-refractivity contribution in [2.45, 2.75) is 6.42 Å². The molecule has 0 aliphatic carbocycles. The molecule has 4 rings (SSSR count). The fraction of sp³-hybridized carbons (Fsp3) is 0.0870. The van der Waals surface area contributed by atoms with Crippen molar-refractivity contribution in [3.05, 3.63) is 95.1 Å². The van der Waals surface area contributed by atoms with Crippen molar-refractivity contribution >= 4 is 11.7 Å². The number of aliphatic hydroxyl groups is 1. The minimum absolute atomic E-state index is 0.234. The molecule has 0 aromatic heterocycles. The van der Waals surface area contributed by atoms with Crippen molar-refractivity contribution in [2.24, 2.45) is 0 Å². The Labute approximate surface area is 157 Å². The van der Waals surface area contributed by atoms with Crippen molar-refractivity contribution in [2.75, 3.05) is 6.61 Å². The third-order valence-electron chi connectivity index (χ3n) is 4.70. The number of carboxylic acid groups (broad SMARTS) is 1. The Hall–Kier alpha value is -3.53. The molecular weight excluding hydrogens is 340 g/mol. The summed E-state index contributed by atoms with van der Waals surface area (Å²) in [6, 6.07) is 22.2. The lowest BCUT2D eigenvalue weighted by molar-refractivity contribution is 0.0697. The lowest BCUT2D eigenvalue weighted by atomic mass is 9.95. The van der Waals surface area contributed by atoms with E-state index in [2.05, 4.69) is 0 Å². The van der Waals surface area contributed by atoms with Crippen LogP contribution in [0.2, 0.25) is 0 Å². The molecular formula is C23H18O4. The van der Waals surface area contributed by atoms with Crippen molar-refractivity contribution < 1.29 is 19.7 Å². The van der Waals surface area contributed by atoms with Gasteiger partial charge in [0.05, 0.1) is 11.1 Å². The Balaban J connectivity index is 1.70. The predicted molar refractivity (Wildman–Crippen MR) is 104 cm³/mol. The Bertz CT molecular complexity index is 1040. The average Bonchev–Trinajstić information content (AvgIpc) is 2.70. The molecule has 1 aliphatic heterocycles. The van der Waals surface area contributed by atoms with E-state index in [1.807, 2.05) is 36.4 Å². The monoisotopic (exact) mass is 358 g/mol. The van der Waals surface area contributed by atoms with E-state index in [9.17, 15) is 15.0 Å². The van der Waals surface area contributed by atoms with Gasteiger partial charge in [0.2, 0.25) is 0 Å². The van der Waals surface area contributed by atoms with E-state index in [-0.39, 0.29) is 11.3 Å². The summed E-state index contributed by atoms with van der Waals surface area (Å²) in [5.41, 5.74) is 4.16. The third-order valence-corrected chi connectivity index (χ3v) is 4.70.